The van der Waals surface area contributed by atoms with Gasteiger partial charge in [0, 0.05) is 16.8 Å². The fourth-order valence-electron chi connectivity index (χ4n) is 4.99. The highest BCUT2D eigenvalue weighted by Crippen LogP contribution is 2.36. The number of ether oxygens (including phenoxy) is 1. The van der Waals surface area contributed by atoms with Gasteiger partial charge in [-0.05, 0) is 61.3 Å². The maximum atomic E-state index is 14.0. The summed E-state index contributed by atoms with van der Waals surface area (Å²) in [7, 11) is 3.21. The molecule has 0 fully saturated rings. The number of anilines is 1. The molecule has 5 rings (SSSR count). The van der Waals surface area contributed by atoms with Gasteiger partial charge in [0.2, 0.25) is 17.6 Å². The van der Waals surface area contributed by atoms with E-state index in [1.54, 1.807) is 49.2 Å². The number of para-hydroxylation sites is 1. The Balaban J connectivity index is 0.00000405. The molecule has 1 aromatic heterocycles. The minimum atomic E-state index is -4.64. The van der Waals surface area contributed by atoms with Crippen molar-refractivity contribution >= 4 is 40.7 Å². The van der Waals surface area contributed by atoms with Crippen LogP contribution in [0.4, 0.5) is 18.9 Å². The number of aromatic amines is 1. The number of nitrogens with one attached hydrogen (secondary N) is 3. The van der Waals surface area contributed by atoms with Crippen LogP contribution in [0.5, 0.6) is 5.75 Å². The molecule has 4 aromatic rings. The summed E-state index contributed by atoms with van der Waals surface area (Å²) in [6, 6.07) is 15.1. The molecule has 3 N–H and O–H groups in total. The van der Waals surface area contributed by atoms with E-state index < -0.39 is 24.1 Å². The lowest BCUT2D eigenvalue weighted by Crippen LogP contribution is -2.52. The molecule has 0 spiro atoms. The van der Waals surface area contributed by atoms with E-state index in [1.807, 2.05) is 24.3 Å². The molecule has 0 aliphatic carbocycles. The van der Waals surface area contributed by atoms with Gasteiger partial charge in [0.25, 0.3) is 0 Å². The van der Waals surface area contributed by atoms with Crippen LogP contribution in [0.25, 0.3) is 22.2 Å². The predicted molar refractivity (Wildman–Crippen MR) is 155 cm³/mol. The normalized spacial score (nSPS) is 15.9. The van der Waals surface area contributed by atoms with Gasteiger partial charge in [-0.3, -0.25) is 9.59 Å². The average molecular weight is 603 g/mol. The van der Waals surface area contributed by atoms with E-state index in [9.17, 15) is 22.8 Å². The number of alkyl halides is 3. The molecule has 13 heteroatoms. The molecule has 2 heterocycles. The maximum absolute atomic E-state index is 14.0. The fourth-order valence-corrected chi connectivity index (χ4v) is 4.99. The summed E-state index contributed by atoms with van der Waals surface area (Å²) >= 11 is 0. The van der Waals surface area contributed by atoms with Crippen LogP contribution in [0.2, 0.25) is 0 Å². The molecule has 2 atom stereocenters. The lowest BCUT2D eigenvalue weighted by molar-refractivity contribution is -0.144. The number of rotatable bonds is 7. The number of H-pyrrole nitrogens is 1. The Hall–Kier alpha value is -4.16. The van der Waals surface area contributed by atoms with Crippen LogP contribution in [0.15, 0.2) is 54.6 Å². The molecule has 2 amide bonds. The van der Waals surface area contributed by atoms with Crippen LogP contribution in [-0.4, -0.2) is 53.2 Å². The zero-order chi connectivity index (χ0) is 29.3. The molecule has 1 aliphatic heterocycles. The van der Waals surface area contributed by atoms with Crippen molar-refractivity contribution in [3.63, 3.8) is 0 Å². The Morgan fingerprint density at radius 1 is 1.17 bits per heavy atom. The third kappa shape index (κ3) is 6.04. The molecule has 0 bridgehead atoms. The minimum absolute atomic E-state index is 0. The lowest BCUT2D eigenvalue weighted by atomic mass is 9.99. The summed E-state index contributed by atoms with van der Waals surface area (Å²) in [5.74, 6) is -1.16. The van der Waals surface area contributed by atoms with Gasteiger partial charge in [-0.25, -0.2) is 0 Å². The van der Waals surface area contributed by atoms with Crippen molar-refractivity contribution in [2.45, 2.75) is 44.6 Å². The third-order valence-corrected chi connectivity index (χ3v) is 7.34. The van der Waals surface area contributed by atoms with Gasteiger partial charge in [-0.15, -0.1) is 22.6 Å². The van der Waals surface area contributed by atoms with Gasteiger partial charge < -0.3 is 25.3 Å². The Bertz CT molecular complexity index is 1610. The van der Waals surface area contributed by atoms with Crippen molar-refractivity contribution in [1.29, 1.82) is 0 Å². The van der Waals surface area contributed by atoms with Crippen LogP contribution in [-0.2, 0) is 28.7 Å². The number of hydrogen-bond acceptors (Lipinski definition) is 6. The highest BCUT2D eigenvalue weighted by Gasteiger charge is 2.36. The number of hydrogen-bond donors (Lipinski definition) is 3. The van der Waals surface area contributed by atoms with E-state index in [0.29, 0.717) is 35.1 Å². The van der Waals surface area contributed by atoms with E-state index in [-0.39, 0.29) is 36.6 Å². The predicted octanol–water partition coefficient (Wildman–Crippen LogP) is 4.65. The molecule has 0 radical (unpaired) electrons. The maximum Gasteiger partial charge on any atom is 0.451 e. The summed E-state index contributed by atoms with van der Waals surface area (Å²) in [4.78, 5) is 30.5. The third-order valence-electron chi connectivity index (χ3n) is 7.34. The number of aromatic nitrogens is 3. The summed E-state index contributed by atoms with van der Waals surface area (Å²) in [5.41, 5.74) is 2.86. The van der Waals surface area contributed by atoms with E-state index in [1.165, 1.54) is 7.11 Å². The number of likely N-dealkylation sites (N-methyl/N-ethyl adjacent to an activating group) is 1. The van der Waals surface area contributed by atoms with Crippen molar-refractivity contribution < 1.29 is 27.5 Å². The monoisotopic (exact) mass is 602 g/mol. The summed E-state index contributed by atoms with van der Waals surface area (Å²) < 4.78 is 44.8. The first kappa shape index (κ1) is 30.8. The summed E-state index contributed by atoms with van der Waals surface area (Å²) in [6.07, 6.45) is -3.59. The number of carbonyl (C=O) groups is 2. The first-order valence-corrected chi connectivity index (χ1v) is 13.1. The summed E-state index contributed by atoms with van der Waals surface area (Å²) in [6.45, 7) is 1.87. The number of amides is 2. The van der Waals surface area contributed by atoms with Gasteiger partial charge in [-0.2, -0.15) is 13.2 Å². The van der Waals surface area contributed by atoms with Crippen LogP contribution in [0.1, 0.15) is 30.3 Å². The molecule has 0 saturated carbocycles. The largest absolute Gasteiger partial charge is 0.496 e. The lowest BCUT2D eigenvalue weighted by Gasteiger charge is -2.28. The number of fused-ring (bicyclic) bond motifs is 2. The van der Waals surface area contributed by atoms with Crippen LogP contribution in [0.3, 0.4) is 0 Å². The van der Waals surface area contributed by atoms with E-state index >= 15 is 0 Å². The molecular weight excluding hydrogens is 573 g/mol. The second-order valence-electron chi connectivity index (χ2n) is 9.87. The molecule has 3 aromatic carbocycles. The summed E-state index contributed by atoms with van der Waals surface area (Å²) in [5, 5.41) is 14.1. The Kier molecular flexibility index (Phi) is 9.07. The topological polar surface area (TPSA) is 112 Å². The van der Waals surface area contributed by atoms with Crippen molar-refractivity contribution in [1.82, 2.24) is 25.8 Å². The highest BCUT2D eigenvalue weighted by molar-refractivity contribution is 6.02. The Morgan fingerprint density at radius 2 is 1.93 bits per heavy atom. The Labute approximate surface area is 246 Å². The molecule has 9 nitrogen and oxygen atoms in total. The Morgan fingerprint density at radius 3 is 2.62 bits per heavy atom. The number of aryl methyl sites for hydroxylation is 1. The number of methoxy groups -OCH3 is 1. The molecule has 42 heavy (non-hydrogen) atoms. The molecule has 0 saturated heterocycles. The number of carbonyl (C=O) groups excluding carboxylic acids is 2. The van der Waals surface area contributed by atoms with E-state index in [4.69, 9.17) is 4.74 Å². The van der Waals surface area contributed by atoms with Crippen molar-refractivity contribution in [2.75, 3.05) is 19.1 Å². The number of halogens is 4. The second kappa shape index (κ2) is 12.4. The van der Waals surface area contributed by atoms with Gasteiger partial charge in [0.1, 0.15) is 11.8 Å². The van der Waals surface area contributed by atoms with Crippen molar-refractivity contribution in [2.24, 2.45) is 0 Å². The quantitative estimate of drug-likeness (QED) is 0.284. The molecule has 0 unspecified atom stereocenters. The van der Waals surface area contributed by atoms with Crippen LogP contribution >= 0.6 is 12.4 Å². The smallest absolute Gasteiger partial charge is 0.451 e. The molecule has 1 aliphatic rings. The minimum Gasteiger partial charge on any atom is -0.496 e. The first-order valence-electron chi connectivity index (χ1n) is 13.1. The van der Waals surface area contributed by atoms with Gasteiger partial charge >= 0.3 is 6.18 Å². The van der Waals surface area contributed by atoms with Crippen LogP contribution < -0.4 is 20.3 Å². The van der Waals surface area contributed by atoms with Gasteiger partial charge in [-0.1, -0.05) is 36.4 Å². The molecular formula is C29H30ClF3N6O3. The second-order valence-corrected chi connectivity index (χ2v) is 9.87. The standard InChI is InChI=1S/C29H29F3N6O3.ClH/c1-16(33-2)26(39)34-22-12-9-17-6-4-5-7-23(17)38(27(22)40)15-21-20-11-8-19(14-18(20)10-13-24(21)41-3)25-35-28(37-36-25)29(30,31)32;/h4-8,10-11,13-14,16,22,33H,9,12,15H2,1-3H3,(H,34,39)(H,35,36,37);1H/t16-,22-;/m0./s1. The molecule has 222 valence electrons. The van der Waals surface area contributed by atoms with Crippen molar-refractivity contribution in [3.05, 3.63) is 71.5 Å². The van der Waals surface area contributed by atoms with E-state index in [0.717, 1.165) is 16.6 Å². The van der Waals surface area contributed by atoms with E-state index in [2.05, 4.69) is 25.8 Å². The SMILES string of the molecule is CN[C@@H](C)C(=O)N[C@H]1CCc2ccccc2N(Cc2c(OC)ccc3cc(-c4nnc(C(F)(F)F)[nH]4)ccc23)C1=O.Cl. The van der Waals surface area contributed by atoms with Gasteiger partial charge in [0.05, 0.1) is 19.7 Å². The van der Waals surface area contributed by atoms with Crippen LogP contribution in [0, 0.1) is 0 Å². The fraction of sp³-hybridized carbons (Fsp3) is 0.310. The average Bonchev–Trinajstić information content (AvgIpc) is 3.44. The first-order chi connectivity index (χ1) is 19.6. The zero-order valence-corrected chi connectivity index (χ0v) is 23.9. The highest BCUT2D eigenvalue weighted by atomic mass is 35.5. The van der Waals surface area contributed by atoms with Crippen molar-refractivity contribution in [3.8, 4) is 17.1 Å². The number of benzene rings is 3. The number of nitrogens with zero attached hydrogens (tertiary/aromatic N) is 3. The van der Waals surface area contributed by atoms with Gasteiger partial charge in [0.15, 0.2) is 5.82 Å². The zero-order valence-electron chi connectivity index (χ0n) is 23.1.